The van der Waals surface area contributed by atoms with Gasteiger partial charge in [0.1, 0.15) is 0 Å². The molecule has 18 heavy (non-hydrogen) atoms. The minimum atomic E-state index is -0.782. The summed E-state index contributed by atoms with van der Waals surface area (Å²) in [5, 5.41) is 11.0. The van der Waals surface area contributed by atoms with Crippen molar-refractivity contribution in [1.29, 1.82) is 0 Å². The van der Waals surface area contributed by atoms with Gasteiger partial charge in [-0.05, 0) is 29.7 Å². The molecule has 0 radical (unpaired) electrons. The van der Waals surface area contributed by atoms with Crippen LogP contribution in [0.4, 0.5) is 0 Å². The molecule has 0 spiro atoms. The van der Waals surface area contributed by atoms with Gasteiger partial charge < -0.3 is 5.11 Å². The highest BCUT2D eigenvalue weighted by molar-refractivity contribution is 7.12. The van der Waals surface area contributed by atoms with E-state index in [0.717, 1.165) is 37.0 Å². The third-order valence-corrected chi connectivity index (χ3v) is 4.68. The minimum absolute atomic E-state index is 0.105. The van der Waals surface area contributed by atoms with Gasteiger partial charge in [-0.2, -0.15) is 0 Å². The minimum Gasteiger partial charge on any atom is -0.481 e. The van der Waals surface area contributed by atoms with E-state index in [1.54, 1.807) is 0 Å². The number of carboxylic acids is 1. The molecule has 0 amide bonds. The van der Waals surface area contributed by atoms with E-state index in [2.05, 4.69) is 0 Å². The Morgan fingerprint density at radius 2 is 1.94 bits per heavy atom. The average Bonchev–Trinajstić information content (AvgIpc) is 2.82. The van der Waals surface area contributed by atoms with Gasteiger partial charge in [0.15, 0.2) is 5.78 Å². The normalized spacial score (nSPS) is 18.4. The van der Waals surface area contributed by atoms with Gasteiger partial charge in [0.05, 0.1) is 11.3 Å². The Kier molecular flexibility index (Phi) is 4.17. The number of carbonyl (C=O) groups excluding carboxylic acids is 1. The molecule has 0 unspecified atom stereocenters. The van der Waals surface area contributed by atoms with Crippen molar-refractivity contribution >= 4 is 23.1 Å². The summed E-state index contributed by atoms with van der Waals surface area (Å²) in [6.07, 6.45) is 5.52. The molecule has 1 aromatic rings. The maximum atomic E-state index is 12.2. The molecule has 0 aliphatic heterocycles. The third kappa shape index (κ3) is 3.19. The van der Waals surface area contributed by atoms with E-state index in [0.29, 0.717) is 6.42 Å². The molecule has 0 saturated heterocycles. The molecule has 0 atom stereocenters. The lowest BCUT2D eigenvalue weighted by Crippen LogP contribution is -2.30. The van der Waals surface area contributed by atoms with Crippen LogP contribution >= 0.6 is 11.3 Å². The first-order chi connectivity index (χ1) is 8.61. The number of thiophene rings is 1. The lowest BCUT2D eigenvalue weighted by Gasteiger charge is -2.35. The highest BCUT2D eigenvalue weighted by atomic mass is 32.1. The van der Waals surface area contributed by atoms with Crippen LogP contribution in [-0.4, -0.2) is 16.9 Å². The van der Waals surface area contributed by atoms with E-state index in [9.17, 15) is 9.59 Å². The first kappa shape index (κ1) is 13.3. The zero-order valence-corrected chi connectivity index (χ0v) is 11.2. The molecule has 1 aliphatic carbocycles. The standard InChI is InChI=1S/C14H18O3S/c15-11(12-5-4-8-18-12)9-14(10-13(16)17)6-2-1-3-7-14/h4-5,8H,1-3,6-7,9-10H2,(H,16,17). The summed E-state index contributed by atoms with van der Waals surface area (Å²) in [6, 6.07) is 3.69. The molecule has 4 heteroatoms. The van der Waals surface area contributed by atoms with Gasteiger partial charge in [-0.25, -0.2) is 0 Å². The molecule has 0 aromatic carbocycles. The van der Waals surface area contributed by atoms with E-state index in [4.69, 9.17) is 5.11 Å². The molecule has 1 N–H and O–H groups in total. The van der Waals surface area contributed by atoms with Crippen LogP contribution in [0.25, 0.3) is 0 Å². The Morgan fingerprint density at radius 1 is 1.22 bits per heavy atom. The Labute approximate surface area is 111 Å². The first-order valence-electron chi connectivity index (χ1n) is 6.40. The smallest absolute Gasteiger partial charge is 0.303 e. The Morgan fingerprint density at radius 3 is 2.50 bits per heavy atom. The van der Waals surface area contributed by atoms with Gasteiger partial charge >= 0.3 is 5.97 Å². The fourth-order valence-corrected chi connectivity index (χ4v) is 3.57. The summed E-state index contributed by atoms with van der Waals surface area (Å²) >= 11 is 1.44. The highest BCUT2D eigenvalue weighted by Crippen LogP contribution is 2.43. The Bertz CT molecular complexity index is 416. The average molecular weight is 266 g/mol. The maximum absolute atomic E-state index is 12.2. The predicted molar refractivity (Wildman–Crippen MR) is 71.0 cm³/mol. The van der Waals surface area contributed by atoms with Crippen LogP contribution in [0.3, 0.4) is 0 Å². The molecule has 1 fully saturated rings. The summed E-state index contributed by atoms with van der Waals surface area (Å²) in [7, 11) is 0. The summed E-state index contributed by atoms with van der Waals surface area (Å²) in [6.45, 7) is 0. The van der Waals surface area contributed by atoms with E-state index in [1.807, 2.05) is 17.5 Å². The van der Waals surface area contributed by atoms with Gasteiger partial charge in [-0.3, -0.25) is 9.59 Å². The van der Waals surface area contributed by atoms with Crippen molar-refractivity contribution in [2.45, 2.75) is 44.9 Å². The van der Waals surface area contributed by atoms with Gasteiger partial charge in [-0.1, -0.05) is 25.3 Å². The molecule has 1 saturated carbocycles. The first-order valence-corrected chi connectivity index (χ1v) is 7.28. The summed E-state index contributed by atoms with van der Waals surface area (Å²) in [5.41, 5.74) is -0.300. The van der Waals surface area contributed by atoms with Crippen molar-refractivity contribution in [2.75, 3.05) is 0 Å². The van der Waals surface area contributed by atoms with Crippen LogP contribution in [0.15, 0.2) is 17.5 Å². The second-order valence-corrected chi connectivity index (χ2v) is 6.16. The fourth-order valence-electron chi connectivity index (χ4n) is 2.90. The Hall–Kier alpha value is -1.16. The molecule has 1 aliphatic rings. The largest absolute Gasteiger partial charge is 0.481 e. The number of ketones is 1. The number of hydrogen-bond donors (Lipinski definition) is 1. The van der Waals surface area contributed by atoms with Gasteiger partial charge in [-0.15, -0.1) is 11.3 Å². The topological polar surface area (TPSA) is 54.4 Å². The van der Waals surface area contributed by atoms with Gasteiger partial charge in [0.2, 0.25) is 0 Å². The quantitative estimate of drug-likeness (QED) is 0.826. The molecular formula is C14H18O3S. The Balaban J connectivity index is 2.09. The summed E-state index contributed by atoms with van der Waals surface area (Å²) in [4.78, 5) is 24.0. The zero-order chi connectivity index (χ0) is 13.0. The molecule has 0 bridgehead atoms. The zero-order valence-electron chi connectivity index (χ0n) is 10.4. The number of hydrogen-bond acceptors (Lipinski definition) is 3. The van der Waals surface area contributed by atoms with Gasteiger partial charge in [0, 0.05) is 6.42 Å². The van der Waals surface area contributed by atoms with Crippen LogP contribution < -0.4 is 0 Å². The van der Waals surface area contributed by atoms with Crippen molar-refractivity contribution in [3.8, 4) is 0 Å². The lowest BCUT2D eigenvalue weighted by atomic mass is 9.69. The highest BCUT2D eigenvalue weighted by Gasteiger charge is 2.36. The van der Waals surface area contributed by atoms with E-state index < -0.39 is 5.97 Å². The summed E-state index contributed by atoms with van der Waals surface area (Å²) < 4.78 is 0. The second kappa shape index (κ2) is 5.65. The van der Waals surface area contributed by atoms with Crippen LogP contribution in [0.5, 0.6) is 0 Å². The predicted octanol–water partition coefficient (Wildman–Crippen LogP) is 3.75. The van der Waals surface area contributed by atoms with Crippen molar-refractivity contribution in [3.05, 3.63) is 22.4 Å². The van der Waals surface area contributed by atoms with E-state index >= 15 is 0 Å². The number of carbonyl (C=O) groups is 2. The van der Waals surface area contributed by atoms with E-state index in [1.165, 1.54) is 11.3 Å². The monoisotopic (exact) mass is 266 g/mol. The van der Waals surface area contributed by atoms with Crippen molar-refractivity contribution < 1.29 is 14.7 Å². The van der Waals surface area contributed by atoms with Crippen LogP contribution in [0.1, 0.15) is 54.6 Å². The van der Waals surface area contributed by atoms with Crippen molar-refractivity contribution in [2.24, 2.45) is 5.41 Å². The van der Waals surface area contributed by atoms with Crippen LogP contribution in [0, 0.1) is 5.41 Å². The van der Waals surface area contributed by atoms with Crippen molar-refractivity contribution in [3.63, 3.8) is 0 Å². The lowest BCUT2D eigenvalue weighted by molar-refractivity contribution is -0.140. The maximum Gasteiger partial charge on any atom is 0.303 e. The molecular weight excluding hydrogens is 248 g/mol. The number of rotatable bonds is 5. The number of Topliss-reactive ketones (excluding diaryl/α,β-unsaturated/α-hetero) is 1. The fraction of sp³-hybridized carbons (Fsp3) is 0.571. The molecule has 3 nitrogen and oxygen atoms in total. The molecule has 98 valence electrons. The van der Waals surface area contributed by atoms with Crippen LogP contribution in [0.2, 0.25) is 0 Å². The van der Waals surface area contributed by atoms with Crippen molar-refractivity contribution in [1.82, 2.24) is 0 Å². The molecule has 1 heterocycles. The number of carboxylic acid groups (broad SMARTS) is 1. The molecule has 1 aromatic heterocycles. The van der Waals surface area contributed by atoms with Crippen LogP contribution in [-0.2, 0) is 4.79 Å². The SMILES string of the molecule is O=C(O)CC1(CC(=O)c2cccs2)CCCCC1. The summed E-state index contributed by atoms with van der Waals surface area (Å²) in [5.74, 6) is -0.677. The number of aliphatic carboxylic acids is 1. The molecule has 2 rings (SSSR count). The van der Waals surface area contributed by atoms with E-state index in [-0.39, 0.29) is 17.6 Å². The van der Waals surface area contributed by atoms with Gasteiger partial charge in [0.25, 0.3) is 0 Å². The third-order valence-electron chi connectivity index (χ3n) is 3.77. The second-order valence-electron chi connectivity index (χ2n) is 5.21.